The summed E-state index contributed by atoms with van der Waals surface area (Å²) in [6.45, 7) is 3.00. The molecule has 1 atom stereocenters. The maximum atomic E-state index is 8.82. The Kier molecular flexibility index (Phi) is 6.45. The maximum absolute atomic E-state index is 8.82. The van der Waals surface area contributed by atoms with E-state index in [1.165, 1.54) is 11.3 Å². The van der Waals surface area contributed by atoms with Crippen LogP contribution in [0.1, 0.15) is 23.4 Å². The van der Waals surface area contributed by atoms with Crippen LogP contribution in [-0.2, 0) is 6.54 Å². The quantitative estimate of drug-likeness (QED) is 0.772. The third-order valence-corrected chi connectivity index (χ3v) is 4.26. The number of nitrogens with zero attached hydrogens (tertiary/aromatic N) is 1. The van der Waals surface area contributed by atoms with Gasteiger partial charge < -0.3 is 19.9 Å². The van der Waals surface area contributed by atoms with Gasteiger partial charge in [0.1, 0.15) is 6.61 Å². The Labute approximate surface area is 138 Å². The molecule has 0 aliphatic heterocycles. The van der Waals surface area contributed by atoms with Gasteiger partial charge in [-0.3, -0.25) is 0 Å². The highest BCUT2D eigenvalue weighted by Gasteiger charge is 2.11. The predicted molar refractivity (Wildman–Crippen MR) is 88.0 cm³/mol. The Balaban J connectivity index is 2.01. The molecule has 2 aromatic rings. The molecule has 1 aromatic carbocycles. The molecular formula is C15H19ClN2O3S. The van der Waals surface area contributed by atoms with Crippen LogP contribution in [0.15, 0.2) is 24.4 Å². The summed E-state index contributed by atoms with van der Waals surface area (Å²) < 4.78 is 11.3. The molecule has 120 valence electrons. The minimum atomic E-state index is -0.0275. The smallest absolute Gasteiger partial charge is 0.183 e. The van der Waals surface area contributed by atoms with Crippen molar-refractivity contribution in [3.63, 3.8) is 0 Å². The second-order valence-electron chi connectivity index (χ2n) is 4.66. The number of hydrogen-bond donors (Lipinski definition) is 2. The van der Waals surface area contributed by atoms with Crippen LogP contribution in [0.3, 0.4) is 0 Å². The van der Waals surface area contributed by atoms with Crippen molar-refractivity contribution < 1.29 is 14.6 Å². The van der Waals surface area contributed by atoms with Gasteiger partial charge in [0, 0.05) is 23.7 Å². The second kappa shape index (κ2) is 8.33. The minimum absolute atomic E-state index is 0.0275. The second-order valence-corrected chi connectivity index (χ2v) is 6.36. The van der Waals surface area contributed by atoms with Crippen LogP contribution in [-0.4, -0.2) is 30.4 Å². The SMILES string of the molecule is COc1cc(C(C)NCc2cnc(Cl)s2)ccc1OCCO. The molecule has 2 N–H and O–H groups in total. The Morgan fingerprint density at radius 1 is 1.41 bits per heavy atom. The zero-order chi connectivity index (χ0) is 15.9. The van der Waals surface area contributed by atoms with Gasteiger partial charge >= 0.3 is 0 Å². The largest absolute Gasteiger partial charge is 0.493 e. The van der Waals surface area contributed by atoms with E-state index in [1.807, 2.05) is 18.2 Å². The zero-order valence-electron chi connectivity index (χ0n) is 12.5. The van der Waals surface area contributed by atoms with Crippen molar-refractivity contribution in [1.29, 1.82) is 0 Å². The van der Waals surface area contributed by atoms with E-state index in [0.29, 0.717) is 22.5 Å². The number of ether oxygens (including phenoxy) is 2. The fourth-order valence-corrected chi connectivity index (χ4v) is 2.89. The monoisotopic (exact) mass is 342 g/mol. The molecule has 0 aliphatic rings. The zero-order valence-corrected chi connectivity index (χ0v) is 14.1. The normalized spacial score (nSPS) is 12.2. The van der Waals surface area contributed by atoms with Crippen molar-refractivity contribution in [3.05, 3.63) is 39.3 Å². The number of aliphatic hydroxyl groups is 1. The van der Waals surface area contributed by atoms with Crippen LogP contribution < -0.4 is 14.8 Å². The molecule has 0 fully saturated rings. The van der Waals surface area contributed by atoms with Crippen molar-refractivity contribution in [1.82, 2.24) is 10.3 Å². The van der Waals surface area contributed by atoms with Crippen LogP contribution in [0.5, 0.6) is 11.5 Å². The lowest BCUT2D eigenvalue weighted by Gasteiger charge is -2.16. The number of nitrogens with one attached hydrogen (secondary N) is 1. The Hall–Kier alpha value is -1.34. The lowest BCUT2D eigenvalue weighted by atomic mass is 10.1. The van der Waals surface area contributed by atoms with E-state index in [0.717, 1.165) is 10.4 Å². The predicted octanol–water partition coefficient (Wildman–Crippen LogP) is 3.03. The number of benzene rings is 1. The summed E-state index contributed by atoms with van der Waals surface area (Å²) in [7, 11) is 1.60. The third kappa shape index (κ3) is 4.58. The first-order chi connectivity index (χ1) is 10.6. The molecule has 0 saturated heterocycles. The molecule has 0 saturated carbocycles. The van der Waals surface area contributed by atoms with Crippen molar-refractivity contribution in [2.75, 3.05) is 20.3 Å². The van der Waals surface area contributed by atoms with Gasteiger partial charge in [-0.25, -0.2) is 4.98 Å². The number of thiazole rings is 1. The van der Waals surface area contributed by atoms with Crippen molar-refractivity contribution in [2.45, 2.75) is 19.5 Å². The number of halogens is 1. The Morgan fingerprint density at radius 3 is 2.86 bits per heavy atom. The molecule has 5 nitrogen and oxygen atoms in total. The molecule has 2 rings (SSSR count). The van der Waals surface area contributed by atoms with E-state index >= 15 is 0 Å². The highest BCUT2D eigenvalue weighted by Crippen LogP contribution is 2.30. The molecule has 0 spiro atoms. The summed E-state index contributed by atoms with van der Waals surface area (Å²) >= 11 is 7.29. The molecule has 7 heteroatoms. The molecule has 1 heterocycles. The van der Waals surface area contributed by atoms with E-state index < -0.39 is 0 Å². The molecule has 0 radical (unpaired) electrons. The van der Waals surface area contributed by atoms with Crippen LogP contribution >= 0.6 is 22.9 Å². The molecule has 1 unspecified atom stereocenters. The molecule has 22 heavy (non-hydrogen) atoms. The summed E-state index contributed by atoms with van der Waals surface area (Å²) in [4.78, 5) is 5.11. The van der Waals surface area contributed by atoms with Gasteiger partial charge in [-0.05, 0) is 24.6 Å². The summed E-state index contributed by atoms with van der Waals surface area (Å²) in [6.07, 6.45) is 1.78. The fourth-order valence-electron chi connectivity index (χ4n) is 1.97. The van der Waals surface area contributed by atoms with E-state index in [-0.39, 0.29) is 19.3 Å². The van der Waals surface area contributed by atoms with Crippen molar-refractivity contribution in [3.8, 4) is 11.5 Å². The standard InChI is InChI=1S/C15H19ClN2O3S/c1-10(17-8-12-9-18-15(16)22-12)11-3-4-13(21-6-5-19)14(7-11)20-2/h3-4,7,9-10,17,19H,5-6,8H2,1-2H3. The van der Waals surface area contributed by atoms with Crippen molar-refractivity contribution in [2.24, 2.45) is 0 Å². The number of methoxy groups -OCH3 is 1. The lowest BCUT2D eigenvalue weighted by molar-refractivity contribution is 0.196. The number of rotatable bonds is 8. The summed E-state index contributed by atoms with van der Waals surface area (Å²) in [5, 5.41) is 12.2. The van der Waals surface area contributed by atoms with Gasteiger partial charge in [0.25, 0.3) is 0 Å². The summed E-state index contributed by atoms with van der Waals surface area (Å²) in [5.41, 5.74) is 1.09. The van der Waals surface area contributed by atoms with E-state index in [2.05, 4.69) is 17.2 Å². The molecule has 0 amide bonds. The van der Waals surface area contributed by atoms with Gasteiger partial charge in [-0.15, -0.1) is 11.3 Å². The van der Waals surface area contributed by atoms with E-state index in [9.17, 15) is 0 Å². The van der Waals surface area contributed by atoms with Crippen LogP contribution in [0.25, 0.3) is 0 Å². The highest BCUT2D eigenvalue weighted by atomic mass is 35.5. The average molecular weight is 343 g/mol. The molecule has 0 aliphatic carbocycles. The molecule has 0 bridgehead atoms. The first-order valence-electron chi connectivity index (χ1n) is 6.89. The first kappa shape index (κ1) is 17.0. The number of aromatic nitrogens is 1. The van der Waals surface area contributed by atoms with Crippen LogP contribution in [0.4, 0.5) is 0 Å². The van der Waals surface area contributed by atoms with Crippen LogP contribution in [0.2, 0.25) is 4.47 Å². The van der Waals surface area contributed by atoms with Gasteiger partial charge in [-0.1, -0.05) is 17.7 Å². The fraction of sp³-hybridized carbons (Fsp3) is 0.400. The number of hydrogen-bond acceptors (Lipinski definition) is 6. The third-order valence-electron chi connectivity index (χ3n) is 3.14. The van der Waals surface area contributed by atoms with Gasteiger partial charge in [0.2, 0.25) is 0 Å². The van der Waals surface area contributed by atoms with Gasteiger partial charge in [0.05, 0.1) is 13.7 Å². The maximum Gasteiger partial charge on any atom is 0.183 e. The topological polar surface area (TPSA) is 63.6 Å². The Morgan fingerprint density at radius 2 is 2.23 bits per heavy atom. The first-order valence-corrected chi connectivity index (χ1v) is 8.08. The van der Waals surface area contributed by atoms with Gasteiger partial charge in [0.15, 0.2) is 16.0 Å². The van der Waals surface area contributed by atoms with E-state index in [4.69, 9.17) is 26.2 Å². The Bertz CT molecular complexity index is 606. The number of aliphatic hydroxyl groups excluding tert-OH is 1. The lowest BCUT2D eigenvalue weighted by Crippen LogP contribution is -2.17. The van der Waals surface area contributed by atoms with Gasteiger partial charge in [-0.2, -0.15) is 0 Å². The highest BCUT2D eigenvalue weighted by molar-refractivity contribution is 7.15. The van der Waals surface area contributed by atoms with E-state index in [1.54, 1.807) is 13.3 Å². The average Bonchev–Trinajstić information content (AvgIpc) is 2.95. The summed E-state index contributed by atoms with van der Waals surface area (Å²) in [5.74, 6) is 1.28. The minimum Gasteiger partial charge on any atom is -0.493 e. The molecule has 1 aromatic heterocycles. The van der Waals surface area contributed by atoms with Crippen LogP contribution in [0, 0.1) is 0 Å². The summed E-state index contributed by atoms with van der Waals surface area (Å²) in [6, 6.07) is 5.91. The van der Waals surface area contributed by atoms with Crippen molar-refractivity contribution >= 4 is 22.9 Å². The molecular weight excluding hydrogens is 324 g/mol.